The van der Waals surface area contributed by atoms with Gasteiger partial charge in [0.1, 0.15) is 5.82 Å². The number of halogens is 1. The van der Waals surface area contributed by atoms with Crippen LogP contribution in [-0.4, -0.2) is 18.0 Å². The van der Waals surface area contributed by atoms with Crippen molar-refractivity contribution >= 4 is 17.7 Å². The highest BCUT2D eigenvalue weighted by Crippen LogP contribution is 2.21. The van der Waals surface area contributed by atoms with Gasteiger partial charge in [0.05, 0.1) is 23.7 Å². The molecule has 1 rings (SSSR count). The summed E-state index contributed by atoms with van der Waals surface area (Å²) in [6.07, 6.45) is 0.726. The van der Waals surface area contributed by atoms with Crippen molar-refractivity contribution < 1.29 is 24.0 Å². The number of hydrogen-bond donors (Lipinski definition) is 0. The SMILES string of the molecule is COC(=O)/C([O-])=C\c1ccc(F)cc1[N+](=O)[O-]. The van der Waals surface area contributed by atoms with Crippen LogP contribution in [0.3, 0.4) is 0 Å². The topological polar surface area (TPSA) is 92.5 Å². The van der Waals surface area contributed by atoms with Crippen LogP contribution in [0, 0.1) is 15.9 Å². The standard InChI is InChI=1S/C10H8FNO5/c1-17-10(14)9(13)4-6-2-3-7(11)5-8(6)12(15)16/h2-5,13H,1H3/p-1/b9-4+. The van der Waals surface area contributed by atoms with Crippen LogP contribution < -0.4 is 5.11 Å². The minimum Gasteiger partial charge on any atom is -0.868 e. The molecule has 0 radical (unpaired) electrons. The van der Waals surface area contributed by atoms with Crippen LogP contribution in [-0.2, 0) is 9.53 Å². The van der Waals surface area contributed by atoms with Gasteiger partial charge in [-0.1, -0.05) is 0 Å². The number of ether oxygens (including phenoxy) is 1. The lowest BCUT2D eigenvalue weighted by molar-refractivity contribution is -0.385. The first-order valence-corrected chi connectivity index (χ1v) is 4.36. The molecule has 0 amide bonds. The van der Waals surface area contributed by atoms with Crippen molar-refractivity contribution in [1.82, 2.24) is 0 Å². The van der Waals surface area contributed by atoms with Gasteiger partial charge >= 0.3 is 5.97 Å². The molecule has 1 aromatic rings. The summed E-state index contributed by atoms with van der Waals surface area (Å²) in [6, 6.07) is 2.65. The average molecular weight is 240 g/mol. The molecule has 0 spiro atoms. The largest absolute Gasteiger partial charge is 0.868 e. The van der Waals surface area contributed by atoms with Gasteiger partial charge in [0.15, 0.2) is 0 Å². The second-order valence-electron chi connectivity index (χ2n) is 2.96. The minimum atomic E-state index is -1.15. The Morgan fingerprint density at radius 3 is 2.71 bits per heavy atom. The van der Waals surface area contributed by atoms with Gasteiger partial charge in [-0.25, -0.2) is 9.18 Å². The highest BCUT2D eigenvalue weighted by Gasteiger charge is 2.13. The zero-order valence-corrected chi connectivity index (χ0v) is 8.68. The molecular weight excluding hydrogens is 233 g/mol. The number of carbonyl (C=O) groups is 1. The molecule has 0 atom stereocenters. The van der Waals surface area contributed by atoms with E-state index in [1.165, 1.54) is 0 Å². The van der Waals surface area contributed by atoms with Crippen LogP contribution in [0.5, 0.6) is 0 Å². The Morgan fingerprint density at radius 1 is 1.53 bits per heavy atom. The molecule has 0 saturated heterocycles. The molecule has 0 aromatic heterocycles. The molecule has 1 aromatic carbocycles. The number of esters is 1. The predicted molar refractivity (Wildman–Crippen MR) is 53.0 cm³/mol. The summed E-state index contributed by atoms with van der Waals surface area (Å²) in [7, 11) is 1.01. The van der Waals surface area contributed by atoms with E-state index in [4.69, 9.17) is 0 Å². The molecule has 0 heterocycles. The highest BCUT2D eigenvalue weighted by molar-refractivity contribution is 5.91. The number of nitrogens with zero attached hydrogens (tertiary/aromatic N) is 1. The first kappa shape index (κ1) is 12.6. The van der Waals surface area contributed by atoms with E-state index in [2.05, 4.69) is 4.74 Å². The van der Waals surface area contributed by atoms with Gasteiger partial charge in [-0.15, -0.1) is 0 Å². The van der Waals surface area contributed by atoms with Crippen molar-refractivity contribution in [2.45, 2.75) is 0 Å². The third kappa shape index (κ3) is 3.00. The fraction of sp³-hybridized carbons (Fsp3) is 0.100. The number of hydrogen-bond acceptors (Lipinski definition) is 5. The Balaban J connectivity index is 3.23. The number of nitro groups is 1. The van der Waals surface area contributed by atoms with E-state index in [0.29, 0.717) is 6.07 Å². The maximum absolute atomic E-state index is 12.8. The van der Waals surface area contributed by atoms with Gasteiger partial charge in [-0.05, 0) is 24.0 Å². The van der Waals surface area contributed by atoms with E-state index in [9.17, 15) is 24.4 Å². The second-order valence-corrected chi connectivity index (χ2v) is 2.96. The van der Waals surface area contributed by atoms with E-state index in [1.54, 1.807) is 0 Å². The van der Waals surface area contributed by atoms with Crippen LogP contribution in [0.4, 0.5) is 10.1 Å². The third-order valence-electron chi connectivity index (χ3n) is 1.86. The molecule has 0 fully saturated rings. The highest BCUT2D eigenvalue weighted by atomic mass is 19.1. The maximum atomic E-state index is 12.8. The Labute approximate surface area is 95.1 Å². The monoisotopic (exact) mass is 240 g/mol. The predicted octanol–water partition coefficient (Wildman–Crippen LogP) is 0.608. The van der Waals surface area contributed by atoms with Crippen LogP contribution in [0.25, 0.3) is 6.08 Å². The summed E-state index contributed by atoms with van der Waals surface area (Å²) < 4.78 is 16.9. The molecule has 17 heavy (non-hydrogen) atoms. The van der Waals surface area contributed by atoms with Crippen molar-refractivity contribution in [1.29, 1.82) is 0 Å². The van der Waals surface area contributed by atoms with Gasteiger partial charge < -0.3 is 9.84 Å². The fourth-order valence-corrected chi connectivity index (χ4v) is 1.10. The summed E-state index contributed by atoms with van der Waals surface area (Å²) in [5.74, 6) is -3.01. The lowest BCUT2D eigenvalue weighted by Crippen LogP contribution is -2.16. The molecule has 90 valence electrons. The van der Waals surface area contributed by atoms with Gasteiger partial charge in [-0.3, -0.25) is 10.1 Å². The van der Waals surface area contributed by atoms with Crippen LogP contribution in [0.2, 0.25) is 0 Å². The fourth-order valence-electron chi connectivity index (χ4n) is 1.10. The summed E-state index contributed by atoms with van der Waals surface area (Å²) in [5.41, 5.74) is -0.756. The number of methoxy groups -OCH3 is 1. The van der Waals surface area contributed by atoms with Gasteiger partial charge in [0.25, 0.3) is 5.69 Å². The summed E-state index contributed by atoms with van der Waals surface area (Å²) in [6.45, 7) is 0. The number of nitro benzene ring substituents is 1. The summed E-state index contributed by atoms with van der Waals surface area (Å²) in [4.78, 5) is 20.6. The van der Waals surface area contributed by atoms with Gasteiger partial charge in [0, 0.05) is 0 Å². The molecule has 7 heteroatoms. The first-order valence-electron chi connectivity index (χ1n) is 4.36. The summed E-state index contributed by atoms with van der Waals surface area (Å²) >= 11 is 0. The minimum absolute atomic E-state index is 0.160. The number of benzene rings is 1. The Morgan fingerprint density at radius 2 is 2.18 bits per heavy atom. The van der Waals surface area contributed by atoms with Crippen molar-refractivity contribution in [3.05, 3.63) is 45.5 Å². The number of rotatable bonds is 3. The lowest BCUT2D eigenvalue weighted by atomic mass is 10.1. The van der Waals surface area contributed by atoms with E-state index >= 15 is 0 Å². The van der Waals surface area contributed by atoms with Crippen molar-refractivity contribution in [2.75, 3.05) is 7.11 Å². The molecule has 0 bridgehead atoms. The summed E-state index contributed by atoms with van der Waals surface area (Å²) in [5, 5.41) is 21.7. The molecule has 0 aliphatic rings. The van der Waals surface area contributed by atoms with E-state index in [-0.39, 0.29) is 5.56 Å². The lowest BCUT2D eigenvalue weighted by Gasteiger charge is -2.08. The third-order valence-corrected chi connectivity index (χ3v) is 1.86. The van der Waals surface area contributed by atoms with Gasteiger partial charge in [0.2, 0.25) is 0 Å². The number of carbonyl (C=O) groups excluding carboxylic acids is 1. The normalized spacial score (nSPS) is 11.1. The van der Waals surface area contributed by atoms with E-state index in [0.717, 1.165) is 25.3 Å². The second kappa shape index (κ2) is 5.06. The van der Waals surface area contributed by atoms with Crippen molar-refractivity contribution in [3.63, 3.8) is 0 Å². The molecule has 0 saturated carbocycles. The Kier molecular flexibility index (Phi) is 3.76. The van der Waals surface area contributed by atoms with E-state index in [1.807, 2.05) is 0 Å². The van der Waals surface area contributed by atoms with Crippen LogP contribution >= 0.6 is 0 Å². The zero-order valence-electron chi connectivity index (χ0n) is 8.68. The first-order chi connectivity index (χ1) is 7.95. The molecule has 6 nitrogen and oxygen atoms in total. The van der Waals surface area contributed by atoms with Crippen LogP contribution in [0.15, 0.2) is 24.0 Å². The maximum Gasteiger partial charge on any atom is 0.322 e. The molecule has 0 aliphatic heterocycles. The van der Waals surface area contributed by atoms with E-state index < -0.39 is 28.2 Å². The average Bonchev–Trinajstić information content (AvgIpc) is 2.29. The molecule has 0 aliphatic carbocycles. The Hall–Kier alpha value is -2.44. The smallest absolute Gasteiger partial charge is 0.322 e. The van der Waals surface area contributed by atoms with Crippen LogP contribution in [0.1, 0.15) is 5.56 Å². The van der Waals surface area contributed by atoms with Crippen molar-refractivity contribution in [3.8, 4) is 0 Å². The quantitative estimate of drug-likeness (QED) is 0.254. The molecule has 0 unspecified atom stereocenters. The van der Waals surface area contributed by atoms with Crippen molar-refractivity contribution in [2.24, 2.45) is 0 Å². The zero-order chi connectivity index (χ0) is 13.0. The van der Waals surface area contributed by atoms with Gasteiger partial charge in [-0.2, -0.15) is 0 Å². The Bertz CT molecular complexity index is 497. The molecule has 0 N–H and O–H groups in total. The molecular formula is C10H7FNO5-.